The smallest absolute Gasteiger partial charge is 0.263 e. The Kier molecular flexibility index (Phi) is 7.02. The number of aromatic nitrogens is 1. The van der Waals surface area contributed by atoms with E-state index < -0.39 is 23.6 Å². The maximum absolute atomic E-state index is 13.6. The minimum absolute atomic E-state index is 0.0219. The van der Waals surface area contributed by atoms with Gasteiger partial charge < -0.3 is 14.9 Å². The number of carbonyl (C=O) groups excluding carboxylic acids is 2. The van der Waals surface area contributed by atoms with E-state index in [0.717, 1.165) is 10.5 Å². The molecule has 4 rings (SSSR count). The van der Waals surface area contributed by atoms with Gasteiger partial charge in [0.05, 0.1) is 18.2 Å². The molecule has 0 fully saturated rings. The number of rotatable bonds is 7. The maximum atomic E-state index is 13.6. The molecule has 2 atom stereocenters. The SMILES string of the molecule is CC(O)C(=O)N1C(=O)c2cccc(-c3ccc(Cl)cc3)c2[C@@]1(Cc1ccc(Cl)cn1)OCCO. The lowest BCUT2D eigenvalue weighted by molar-refractivity contribution is -0.175. The number of aliphatic hydroxyl groups is 2. The Morgan fingerprint density at radius 1 is 1.09 bits per heavy atom. The van der Waals surface area contributed by atoms with Gasteiger partial charge in [0, 0.05) is 34.5 Å². The van der Waals surface area contributed by atoms with Gasteiger partial charge in [-0.05, 0) is 48.4 Å². The van der Waals surface area contributed by atoms with Gasteiger partial charge in [-0.1, -0.05) is 47.5 Å². The van der Waals surface area contributed by atoms with Crippen molar-refractivity contribution in [2.24, 2.45) is 0 Å². The average molecular weight is 501 g/mol. The Morgan fingerprint density at radius 3 is 2.38 bits per heavy atom. The summed E-state index contributed by atoms with van der Waals surface area (Å²) in [4.78, 5) is 32.1. The van der Waals surface area contributed by atoms with E-state index in [0.29, 0.717) is 26.9 Å². The summed E-state index contributed by atoms with van der Waals surface area (Å²) in [6, 6.07) is 15.5. The Bertz CT molecular complexity index is 1210. The molecule has 1 aliphatic heterocycles. The molecule has 0 radical (unpaired) electrons. The van der Waals surface area contributed by atoms with Crippen LogP contribution in [0.1, 0.15) is 28.5 Å². The standard InChI is InChI=1S/C25H22Cl2N2O5/c1-15(31)23(32)29-24(33)21-4-2-3-20(16-5-7-17(26)8-6-16)22(21)25(29,34-12-11-30)13-19-10-9-18(27)14-28-19/h2-10,14-15,30-31H,11-13H2,1H3/t15?,25-/m1/s1. The number of hydrogen-bond acceptors (Lipinski definition) is 6. The second-order valence-electron chi connectivity index (χ2n) is 7.89. The molecular formula is C25H22Cl2N2O5. The molecule has 0 bridgehead atoms. The van der Waals surface area contributed by atoms with Crippen molar-refractivity contribution in [1.29, 1.82) is 0 Å². The van der Waals surface area contributed by atoms with E-state index in [1.807, 2.05) is 6.07 Å². The first-order valence-electron chi connectivity index (χ1n) is 10.6. The molecule has 2 amide bonds. The van der Waals surface area contributed by atoms with Gasteiger partial charge in [-0.2, -0.15) is 0 Å². The summed E-state index contributed by atoms with van der Waals surface area (Å²) in [5, 5.41) is 20.7. The van der Waals surface area contributed by atoms with Gasteiger partial charge in [0.15, 0.2) is 5.72 Å². The van der Waals surface area contributed by atoms with Crippen molar-refractivity contribution in [2.45, 2.75) is 25.2 Å². The van der Waals surface area contributed by atoms with Crippen LogP contribution in [0.2, 0.25) is 10.0 Å². The average Bonchev–Trinajstić information content (AvgIpc) is 3.07. The highest BCUT2D eigenvalue weighted by Crippen LogP contribution is 2.47. The maximum Gasteiger partial charge on any atom is 0.263 e. The van der Waals surface area contributed by atoms with E-state index in [-0.39, 0.29) is 25.2 Å². The van der Waals surface area contributed by atoms with Crippen molar-refractivity contribution in [1.82, 2.24) is 9.88 Å². The summed E-state index contributed by atoms with van der Waals surface area (Å²) in [6.07, 6.45) is -0.0285. The van der Waals surface area contributed by atoms with Crippen LogP contribution < -0.4 is 0 Å². The molecule has 3 aromatic rings. The molecule has 0 saturated heterocycles. The van der Waals surface area contributed by atoms with Crippen molar-refractivity contribution in [3.05, 3.63) is 87.7 Å². The third-order valence-electron chi connectivity index (χ3n) is 5.62. The van der Waals surface area contributed by atoms with Crippen LogP contribution in [0.4, 0.5) is 0 Å². The molecule has 34 heavy (non-hydrogen) atoms. The quantitative estimate of drug-likeness (QED) is 0.511. The van der Waals surface area contributed by atoms with Crippen LogP contribution in [0.15, 0.2) is 60.8 Å². The highest BCUT2D eigenvalue weighted by molar-refractivity contribution is 6.30. The van der Waals surface area contributed by atoms with Crippen LogP contribution in [0.3, 0.4) is 0 Å². The number of amides is 2. The lowest BCUT2D eigenvalue weighted by atomic mass is 9.88. The zero-order valence-corrected chi connectivity index (χ0v) is 19.8. The highest BCUT2D eigenvalue weighted by atomic mass is 35.5. The van der Waals surface area contributed by atoms with E-state index in [9.17, 15) is 19.8 Å². The number of fused-ring (bicyclic) bond motifs is 1. The van der Waals surface area contributed by atoms with Crippen LogP contribution in [0.25, 0.3) is 11.1 Å². The van der Waals surface area contributed by atoms with Gasteiger partial charge in [-0.15, -0.1) is 0 Å². The molecule has 1 aliphatic rings. The Morgan fingerprint density at radius 2 is 1.76 bits per heavy atom. The van der Waals surface area contributed by atoms with Crippen LogP contribution >= 0.6 is 23.2 Å². The highest BCUT2D eigenvalue weighted by Gasteiger charge is 2.56. The first-order chi connectivity index (χ1) is 16.3. The topological polar surface area (TPSA) is 100.0 Å². The second kappa shape index (κ2) is 9.82. The predicted molar refractivity (Wildman–Crippen MR) is 127 cm³/mol. The number of carbonyl (C=O) groups is 2. The lowest BCUT2D eigenvalue weighted by Gasteiger charge is -2.39. The number of ether oxygens (including phenoxy) is 1. The summed E-state index contributed by atoms with van der Waals surface area (Å²) in [6.45, 7) is 0.772. The number of benzene rings is 2. The van der Waals surface area contributed by atoms with E-state index in [2.05, 4.69) is 4.98 Å². The molecule has 0 spiro atoms. The molecule has 9 heteroatoms. The Hall–Kier alpha value is -2.81. The molecule has 176 valence electrons. The summed E-state index contributed by atoms with van der Waals surface area (Å²) >= 11 is 12.1. The van der Waals surface area contributed by atoms with Crippen molar-refractivity contribution < 1.29 is 24.5 Å². The van der Waals surface area contributed by atoms with E-state index in [4.69, 9.17) is 27.9 Å². The minimum Gasteiger partial charge on any atom is -0.394 e. The molecule has 0 aliphatic carbocycles. The van der Waals surface area contributed by atoms with Gasteiger partial charge in [-0.3, -0.25) is 14.6 Å². The third kappa shape index (κ3) is 4.33. The van der Waals surface area contributed by atoms with Crippen LogP contribution in [0, 0.1) is 0 Å². The van der Waals surface area contributed by atoms with Crippen molar-refractivity contribution >= 4 is 35.0 Å². The lowest BCUT2D eigenvalue weighted by Crippen LogP contribution is -2.54. The number of imide groups is 1. The van der Waals surface area contributed by atoms with Gasteiger partial charge in [-0.25, -0.2) is 4.90 Å². The molecule has 1 unspecified atom stereocenters. The Balaban J connectivity index is 2.00. The Labute approximate surface area is 206 Å². The van der Waals surface area contributed by atoms with Crippen molar-refractivity contribution in [2.75, 3.05) is 13.2 Å². The molecule has 2 aromatic carbocycles. The summed E-state index contributed by atoms with van der Waals surface area (Å²) in [5.41, 5.74) is 0.934. The monoisotopic (exact) mass is 500 g/mol. The molecule has 2 heterocycles. The number of halogens is 2. The number of hydrogen-bond donors (Lipinski definition) is 2. The fourth-order valence-electron chi connectivity index (χ4n) is 4.21. The number of pyridine rings is 1. The van der Waals surface area contributed by atoms with Crippen LogP contribution in [-0.2, 0) is 21.7 Å². The van der Waals surface area contributed by atoms with E-state index in [1.165, 1.54) is 13.1 Å². The van der Waals surface area contributed by atoms with Gasteiger partial charge in [0.25, 0.3) is 11.8 Å². The molecule has 2 N–H and O–H groups in total. The molecule has 1 aromatic heterocycles. The van der Waals surface area contributed by atoms with E-state index >= 15 is 0 Å². The van der Waals surface area contributed by atoms with E-state index in [1.54, 1.807) is 48.5 Å². The summed E-state index contributed by atoms with van der Waals surface area (Å²) in [7, 11) is 0. The van der Waals surface area contributed by atoms with Crippen LogP contribution in [-0.4, -0.2) is 51.2 Å². The third-order valence-corrected chi connectivity index (χ3v) is 6.10. The fraction of sp³-hybridized carbons (Fsp3) is 0.240. The molecule has 0 saturated carbocycles. The van der Waals surface area contributed by atoms with Gasteiger partial charge in [0.1, 0.15) is 6.10 Å². The normalized spacial score (nSPS) is 18.1. The predicted octanol–water partition coefficient (Wildman–Crippen LogP) is 3.82. The zero-order valence-electron chi connectivity index (χ0n) is 18.2. The number of aliphatic hydroxyl groups excluding tert-OH is 2. The van der Waals surface area contributed by atoms with Crippen molar-refractivity contribution in [3.63, 3.8) is 0 Å². The molecular weight excluding hydrogens is 479 g/mol. The first-order valence-corrected chi connectivity index (χ1v) is 11.3. The minimum atomic E-state index is -1.67. The van der Waals surface area contributed by atoms with Gasteiger partial charge >= 0.3 is 0 Å². The largest absolute Gasteiger partial charge is 0.394 e. The number of nitrogens with zero attached hydrogens (tertiary/aromatic N) is 2. The van der Waals surface area contributed by atoms with Crippen molar-refractivity contribution in [3.8, 4) is 11.1 Å². The fourth-order valence-corrected chi connectivity index (χ4v) is 4.45. The zero-order chi connectivity index (χ0) is 24.5. The second-order valence-corrected chi connectivity index (χ2v) is 8.76. The summed E-state index contributed by atoms with van der Waals surface area (Å²) in [5.74, 6) is -1.43. The van der Waals surface area contributed by atoms with Gasteiger partial charge in [0.2, 0.25) is 0 Å². The first kappa shape index (κ1) is 24.3. The van der Waals surface area contributed by atoms with Crippen LogP contribution in [0.5, 0.6) is 0 Å². The summed E-state index contributed by atoms with van der Waals surface area (Å²) < 4.78 is 6.16. The molecule has 7 nitrogen and oxygen atoms in total.